The zero-order valence-electron chi connectivity index (χ0n) is 27.5. The van der Waals surface area contributed by atoms with Crippen LogP contribution >= 0.6 is 15.9 Å². The average molecular weight is 652 g/mol. The molecular weight excluding hydrogens is 608 g/mol. The molecule has 0 spiro atoms. The van der Waals surface area contributed by atoms with Crippen LogP contribution in [0.2, 0.25) is 0 Å². The van der Waals surface area contributed by atoms with Crippen molar-refractivity contribution in [2.45, 2.75) is 78.1 Å². The van der Waals surface area contributed by atoms with Gasteiger partial charge in [-0.25, -0.2) is 0 Å². The molecule has 0 aromatic heterocycles. The fourth-order valence-corrected chi connectivity index (χ4v) is 8.58. The highest BCUT2D eigenvalue weighted by Crippen LogP contribution is 2.50. The number of fused-ring (bicyclic) bond motifs is 4. The molecule has 6 aromatic rings. The zero-order chi connectivity index (χ0) is 31.5. The lowest BCUT2D eigenvalue weighted by Crippen LogP contribution is -2.23. The van der Waals surface area contributed by atoms with Crippen LogP contribution in [0.4, 0.5) is 0 Å². The van der Waals surface area contributed by atoms with E-state index in [9.17, 15) is 0 Å². The van der Waals surface area contributed by atoms with Crippen molar-refractivity contribution in [3.05, 3.63) is 141 Å². The Morgan fingerprint density at radius 3 is 1.49 bits per heavy atom. The van der Waals surface area contributed by atoms with E-state index in [2.05, 4.69) is 161 Å². The van der Waals surface area contributed by atoms with E-state index in [1.165, 1.54) is 90.0 Å². The molecule has 0 heterocycles. The Kier molecular flexibility index (Phi) is 7.52. The molecule has 6 aromatic carbocycles. The van der Waals surface area contributed by atoms with Crippen LogP contribution in [0.3, 0.4) is 0 Å². The Hall–Kier alpha value is -3.68. The Morgan fingerprint density at radius 2 is 0.933 bits per heavy atom. The van der Waals surface area contributed by atoms with Gasteiger partial charge in [0.05, 0.1) is 0 Å². The lowest BCUT2D eigenvalue weighted by Gasteiger charge is -2.35. The van der Waals surface area contributed by atoms with Crippen molar-refractivity contribution >= 4 is 37.5 Å². The fraction of sp³-hybridized carbons (Fsp3) is 0.273. The summed E-state index contributed by atoms with van der Waals surface area (Å²) >= 11 is 3.65. The van der Waals surface area contributed by atoms with E-state index in [0.29, 0.717) is 0 Å². The van der Waals surface area contributed by atoms with E-state index in [0.717, 1.165) is 17.3 Å². The van der Waals surface area contributed by atoms with E-state index in [1.807, 2.05) is 0 Å². The van der Waals surface area contributed by atoms with E-state index < -0.39 is 0 Å². The molecule has 0 amide bonds. The van der Waals surface area contributed by atoms with Gasteiger partial charge in [0.25, 0.3) is 0 Å². The second-order valence-corrected chi connectivity index (χ2v) is 14.9. The second kappa shape index (κ2) is 11.3. The van der Waals surface area contributed by atoms with Crippen LogP contribution < -0.4 is 0 Å². The molecule has 0 bridgehead atoms. The van der Waals surface area contributed by atoms with Crippen LogP contribution in [0, 0.1) is 0 Å². The summed E-state index contributed by atoms with van der Waals surface area (Å²) in [5, 5.41) is 5.80. The predicted octanol–water partition coefficient (Wildman–Crippen LogP) is 13.0. The molecule has 0 unspecified atom stereocenters. The Morgan fingerprint density at radius 1 is 0.467 bits per heavy atom. The summed E-state index contributed by atoms with van der Waals surface area (Å²) in [5.74, 6) is 0. The summed E-state index contributed by atoms with van der Waals surface area (Å²) in [4.78, 5) is 0. The average Bonchev–Trinajstić information content (AvgIpc) is 3.04. The zero-order valence-corrected chi connectivity index (χ0v) is 29.1. The van der Waals surface area contributed by atoms with Gasteiger partial charge in [-0.3, -0.25) is 0 Å². The molecule has 0 saturated heterocycles. The molecule has 1 heteroatoms. The Labute approximate surface area is 277 Å². The second-order valence-electron chi connectivity index (χ2n) is 14.0. The summed E-state index contributed by atoms with van der Waals surface area (Å²) in [5.41, 5.74) is 14.4. The van der Waals surface area contributed by atoms with Gasteiger partial charge in [0, 0.05) is 15.3 Å². The molecule has 0 saturated carbocycles. The third-order valence-electron chi connectivity index (χ3n) is 10.5. The van der Waals surface area contributed by atoms with Crippen LogP contribution in [0.25, 0.3) is 43.8 Å². The van der Waals surface area contributed by atoms with Gasteiger partial charge in [0.1, 0.15) is 0 Å². The molecule has 0 radical (unpaired) electrons. The maximum absolute atomic E-state index is 3.65. The third kappa shape index (κ3) is 4.69. The molecule has 0 aliphatic heterocycles. The molecule has 2 aliphatic rings. The number of rotatable bonds is 4. The van der Waals surface area contributed by atoms with Gasteiger partial charge in [-0.05, 0) is 102 Å². The number of halogens is 1. The number of aryl methyl sites for hydroxylation is 2. The van der Waals surface area contributed by atoms with Crippen molar-refractivity contribution in [1.82, 2.24) is 0 Å². The quantitative estimate of drug-likeness (QED) is 0.178. The summed E-state index contributed by atoms with van der Waals surface area (Å²) in [7, 11) is 0. The standard InChI is InChI=1S/C22H21Br.C22H22/c1-4-6-14-9-11-18-17-12-10-15(23)13-20(17)22(2,3)19-8-5-7-16(14)21(18)19;1-4-8-15-13-14-18-17-9-5-6-11-19(17)22(2,3)20-12-7-10-16(15)21(18)20/h5,7-13H,4,6H2,1-3H3;5-7,9-14H,4,8H2,1-3H3. The van der Waals surface area contributed by atoms with Crippen molar-refractivity contribution in [3.63, 3.8) is 0 Å². The molecule has 0 N–H and O–H groups in total. The highest BCUT2D eigenvalue weighted by atomic mass is 79.9. The molecule has 2 aliphatic carbocycles. The first-order valence-electron chi connectivity index (χ1n) is 16.7. The first kappa shape index (κ1) is 30.0. The summed E-state index contributed by atoms with van der Waals surface area (Å²) in [6.07, 6.45) is 4.68. The fourth-order valence-electron chi connectivity index (χ4n) is 8.22. The first-order chi connectivity index (χ1) is 21.7. The normalized spacial score (nSPS) is 14.8. The lowest BCUT2D eigenvalue weighted by atomic mass is 9.68. The predicted molar refractivity (Wildman–Crippen MR) is 199 cm³/mol. The van der Waals surface area contributed by atoms with Crippen molar-refractivity contribution < 1.29 is 0 Å². The van der Waals surface area contributed by atoms with Crippen LogP contribution in [-0.4, -0.2) is 0 Å². The van der Waals surface area contributed by atoms with Gasteiger partial charge in [0.2, 0.25) is 0 Å². The first-order valence-corrected chi connectivity index (χ1v) is 17.5. The van der Waals surface area contributed by atoms with Gasteiger partial charge in [-0.1, -0.05) is 161 Å². The molecule has 226 valence electrons. The minimum absolute atomic E-state index is 0.0243. The van der Waals surface area contributed by atoms with Crippen LogP contribution in [0.1, 0.15) is 87.8 Å². The monoisotopic (exact) mass is 650 g/mol. The molecule has 0 atom stereocenters. The van der Waals surface area contributed by atoms with Gasteiger partial charge >= 0.3 is 0 Å². The van der Waals surface area contributed by atoms with Crippen molar-refractivity contribution in [2.24, 2.45) is 0 Å². The summed E-state index contributed by atoms with van der Waals surface area (Å²) in [6, 6.07) is 38.6. The number of hydrogen-bond acceptors (Lipinski definition) is 0. The van der Waals surface area contributed by atoms with Crippen molar-refractivity contribution in [2.75, 3.05) is 0 Å². The van der Waals surface area contributed by atoms with Crippen molar-refractivity contribution in [1.29, 1.82) is 0 Å². The highest BCUT2D eigenvalue weighted by molar-refractivity contribution is 9.10. The Bertz CT molecular complexity index is 2090. The summed E-state index contributed by atoms with van der Waals surface area (Å²) in [6.45, 7) is 13.9. The minimum Gasteiger partial charge on any atom is -0.0651 e. The van der Waals surface area contributed by atoms with Crippen molar-refractivity contribution in [3.8, 4) is 22.3 Å². The topological polar surface area (TPSA) is 0 Å². The van der Waals surface area contributed by atoms with E-state index in [4.69, 9.17) is 0 Å². The smallest absolute Gasteiger partial charge is 0.0178 e. The van der Waals surface area contributed by atoms with Gasteiger partial charge in [-0.15, -0.1) is 0 Å². The lowest BCUT2D eigenvalue weighted by molar-refractivity contribution is 0.644. The van der Waals surface area contributed by atoms with E-state index in [1.54, 1.807) is 0 Å². The Balaban J connectivity index is 0.000000145. The maximum atomic E-state index is 3.65. The van der Waals surface area contributed by atoms with E-state index >= 15 is 0 Å². The van der Waals surface area contributed by atoms with Crippen LogP contribution in [-0.2, 0) is 23.7 Å². The van der Waals surface area contributed by atoms with Gasteiger partial charge < -0.3 is 0 Å². The minimum atomic E-state index is 0.0243. The molecule has 8 rings (SSSR count). The summed E-state index contributed by atoms with van der Waals surface area (Å²) < 4.78 is 1.16. The van der Waals surface area contributed by atoms with E-state index in [-0.39, 0.29) is 10.8 Å². The number of benzene rings is 6. The molecule has 45 heavy (non-hydrogen) atoms. The molecule has 0 fully saturated rings. The number of hydrogen-bond donors (Lipinski definition) is 0. The van der Waals surface area contributed by atoms with Gasteiger partial charge in [0.15, 0.2) is 0 Å². The highest BCUT2D eigenvalue weighted by Gasteiger charge is 2.34. The third-order valence-corrected chi connectivity index (χ3v) is 11.0. The SMILES string of the molecule is CCCc1ccc2c3c(cccc13)C(C)(C)c1cc(Br)ccc1-2.CCCc1ccc2c3c(cccc13)C(C)(C)c1ccccc1-2. The van der Waals surface area contributed by atoms with Crippen LogP contribution in [0.15, 0.2) is 108 Å². The molecular formula is C44H43Br. The van der Waals surface area contributed by atoms with Crippen LogP contribution in [0.5, 0.6) is 0 Å². The maximum Gasteiger partial charge on any atom is 0.0178 e. The molecule has 0 nitrogen and oxygen atoms in total. The largest absolute Gasteiger partial charge is 0.0651 e. The van der Waals surface area contributed by atoms with Gasteiger partial charge in [-0.2, -0.15) is 0 Å².